The number of amides is 1. The molecule has 168 valence electrons. The summed E-state index contributed by atoms with van der Waals surface area (Å²) in [6, 6.07) is 2.37. The molecule has 1 N–H and O–H groups in total. The maximum absolute atomic E-state index is 13.7. The predicted octanol–water partition coefficient (Wildman–Crippen LogP) is 5.56. The number of hydrogen-bond donors (Lipinski definition) is 1. The molecule has 1 atom stereocenters. The van der Waals surface area contributed by atoms with Gasteiger partial charge in [0.15, 0.2) is 0 Å². The lowest BCUT2D eigenvalue weighted by Gasteiger charge is -2.22. The van der Waals surface area contributed by atoms with Gasteiger partial charge in [0.05, 0.1) is 21.1 Å². The van der Waals surface area contributed by atoms with Crippen LogP contribution in [0.5, 0.6) is 0 Å². The van der Waals surface area contributed by atoms with E-state index in [4.69, 9.17) is 34.8 Å². The van der Waals surface area contributed by atoms with Crippen LogP contribution in [-0.4, -0.2) is 27.7 Å². The summed E-state index contributed by atoms with van der Waals surface area (Å²) in [5.74, 6) is -2.71. The maximum Gasteiger partial charge on any atom is 0.408 e. The van der Waals surface area contributed by atoms with Gasteiger partial charge < -0.3 is 5.32 Å². The van der Waals surface area contributed by atoms with Gasteiger partial charge in [-0.25, -0.2) is 9.37 Å². The molecule has 1 aliphatic carbocycles. The molecule has 1 saturated carbocycles. The second-order valence-corrected chi connectivity index (χ2v) is 8.50. The average Bonchev–Trinajstić information content (AvgIpc) is 3.50. The number of carbonyl (C=O) groups is 1. The molecular formula is C20H12Cl3F4N3O2. The van der Waals surface area contributed by atoms with E-state index in [0.717, 1.165) is 22.9 Å². The number of carbonyl (C=O) groups excluding carboxylic acids is 1. The minimum atomic E-state index is -4.68. The highest BCUT2D eigenvalue weighted by Gasteiger charge is 2.49. The van der Waals surface area contributed by atoms with Gasteiger partial charge in [-0.1, -0.05) is 34.8 Å². The fourth-order valence-electron chi connectivity index (χ4n) is 3.39. The molecule has 1 unspecified atom stereocenters. The number of alkyl halides is 3. The molecular weight excluding hydrogens is 497 g/mol. The van der Waals surface area contributed by atoms with E-state index in [1.165, 1.54) is 12.1 Å². The second kappa shape index (κ2) is 8.20. The normalized spacial score (nSPS) is 15.1. The van der Waals surface area contributed by atoms with E-state index < -0.39 is 40.9 Å². The third kappa shape index (κ3) is 4.29. The summed E-state index contributed by atoms with van der Waals surface area (Å²) in [6.07, 6.45) is -3.08. The molecule has 0 radical (unpaired) electrons. The average molecular weight is 509 g/mol. The lowest BCUT2D eigenvalue weighted by molar-refractivity contribution is -0.158. The minimum Gasteiger partial charge on any atom is -0.340 e. The molecule has 2 aromatic heterocycles. The summed E-state index contributed by atoms with van der Waals surface area (Å²) in [6.45, 7) is 0. The summed E-state index contributed by atoms with van der Waals surface area (Å²) in [4.78, 5) is 29.8. The number of rotatable bonds is 4. The second-order valence-electron chi connectivity index (χ2n) is 7.30. The van der Waals surface area contributed by atoms with Crippen LogP contribution in [0.4, 0.5) is 17.6 Å². The third-order valence-electron chi connectivity index (χ3n) is 5.02. The van der Waals surface area contributed by atoms with Crippen LogP contribution in [0.2, 0.25) is 15.2 Å². The van der Waals surface area contributed by atoms with E-state index in [1.54, 1.807) is 0 Å². The van der Waals surface area contributed by atoms with Crippen molar-refractivity contribution in [2.24, 2.45) is 5.92 Å². The van der Waals surface area contributed by atoms with Crippen molar-refractivity contribution in [2.45, 2.75) is 25.1 Å². The summed E-state index contributed by atoms with van der Waals surface area (Å²) in [7, 11) is 0. The van der Waals surface area contributed by atoms with Crippen molar-refractivity contribution in [1.29, 1.82) is 0 Å². The van der Waals surface area contributed by atoms with Gasteiger partial charge in [0.2, 0.25) is 5.43 Å². The Bertz CT molecular complexity index is 1280. The Morgan fingerprint density at radius 2 is 1.78 bits per heavy atom. The van der Waals surface area contributed by atoms with E-state index in [9.17, 15) is 27.2 Å². The van der Waals surface area contributed by atoms with Crippen molar-refractivity contribution >= 4 is 51.7 Å². The van der Waals surface area contributed by atoms with Crippen molar-refractivity contribution < 1.29 is 22.4 Å². The third-order valence-corrected chi connectivity index (χ3v) is 5.80. The van der Waals surface area contributed by atoms with Crippen LogP contribution >= 0.6 is 34.8 Å². The number of aromatic nitrogens is 2. The molecule has 0 saturated heterocycles. The summed E-state index contributed by atoms with van der Waals surface area (Å²) in [5.41, 5.74) is -1.54. The van der Waals surface area contributed by atoms with Crippen molar-refractivity contribution in [3.8, 4) is 5.69 Å². The van der Waals surface area contributed by atoms with Crippen LogP contribution in [0, 0.1) is 11.7 Å². The predicted molar refractivity (Wildman–Crippen MR) is 112 cm³/mol. The molecule has 2 heterocycles. The van der Waals surface area contributed by atoms with Gasteiger partial charge in [0.1, 0.15) is 28.2 Å². The Hall–Kier alpha value is -2.36. The molecule has 1 fully saturated rings. The Balaban J connectivity index is 1.92. The Morgan fingerprint density at radius 3 is 2.34 bits per heavy atom. The lowest BCUT2D eigenvalue weighted by atomic mass is 10.1. The molecule has 3 aromatic rings. The molecule has 1 aromatic carbocycles. The van der Waals surface area contributed by atoms with Crippen LogP contribution in [-0.2, 0) is 0 Å². The number of pyridine rings is 2. The van der Waals surface area contributed by atoms with Crippen molar-refractivity contribution in [1.82, 2.24) is 14.9 Å². The number of halogens is 7. The highest BCUT2D eigenvalue weighted by molar-refractivity contribution is 6.38. The van der Waals surface area contributed by atoms with Crippen molar-refractivity contribution in [3.05, 3.63) is 67.3 Å². The number of benzene rings is 1. The number of nitrogens with one attached hydrogen (secondary N) is 1. The number of nitrogens with zero attached hydrogens (tertiary/aromatic N) is 2. The largest absolute Gasteiger partial charge is 0.408 e. The molecule has 0 aliphatic heterocycles. The van der Waals surface area contributed by atoms with Crippen LogP contribution in [0.1, 0.15) is 23.2 Å². The zero-order chi connectivity index (χ0) is 23.4. The Morgan fingerprint density at radius 1 is 1.16 bits per heavy atom. The summed E-state index contributed by atoms with van der Waals surface area (Å²) in [5, 5.41) is 1.43. The minimum absolute atomic E-state index is 0.0110. The fourth-order valence-corrected chi connectivity index (χ4v) is 4.18. The van der Waals surface area contributed by atoms with Gasteiger partial charge in [0.25, 0.3) is 5.91 Å². The maximum atomic E-state index is 13.7. The van der Waals surface area contributed by atoms with Crippen molar-refractivity contribution in [2.75, 3.05) is 0 Å². The van der Waals surface area contributed by atoms with Gasteiger partial charge in [0, 0.05) is 6.20 Å². The SMILES string of the molecule is O=C(NC(C1CC1)C(F)(F)F)c1cn(-c2c(Cl)cc(F)cc2Cl)c2nc(Cl)ccc2c1=O. The molecule has 12 heteroatoms. The Kier molecular flexibility index (Phi) is 5.85. The molecule has 0 bridgehead atoms. The standard InChI is InChI=1S/C20H12Cl3F4N3O2/c21-12-5-9(24)6-13(22)15(12)30-7-11(16(31)10-3-4-14(23)28-18(10)30)19(32)29-17(8-1-2-8)20(25,26)27/h3-8,17H,1-2H2,(H,29,32). The van der Waals surface area contributed by atoms with E-state index in [1.807, 2.05) is 5.32 Å². The van der Waals surface area contributed by atoms with Crippen LogP contribution in [0.3, 0.4) is 0 Å². The summed E-state index contributed by atoms with van der Waals surface area (Å²) >= 11 is 18.2. The van der Waals surface area contributed by atoms with E-state index in [2.05, 4.69) is 4.98 Å². The van der Waals surface area contributed by atoms with E-state index in [0.29, 0.717) is 12.8 Å². The quantitative estimate of drug-likeness (QED) is 0.371. The molecule has 5 nitrogen and oxygen atoms in total. The van der Waals surface area contributed by atoms with Gasteiger partial charge in [-0.2, -0.15) is 13.2 Å². The van der Waals surface area contributed by atoms with Gasteiger partial charge in [-0.05, 0) is 43.0 Å². The van der Waals surface area contributed by atoms with E-state index in [-0.39, 0.29) is 31.9 Å². The van der Waals surface area contributed by atoms with Gasteiger partial charge in [-0.15, -0.1) is 0 Å². The van der Waals surface area contributed by atoms with Crippen LogP contribution in [0.15, 0.2) is 35.3 Å². The number of hydrogen-bond acceptors (Lipinski definition) is 3. The first-order chi connectivity index (χ1) is 15.0. The Labute approximate surface area is 192 Å². The van der Waals surface area contributed by atoms with Crippen molar-refractivity contribution in [3.63, 3.8) is 0 Å². The van der Waals surface area contributed by atoms with E-state index >= 15 is 0 Å². The monoisotopic (exact) mass is 507 g/mol. The molecule has 1 amide bonds. The molecule has 0 spiro atoms. The molecule has 1 aliphatic rings. The van der Waals surface area contributed by atoms with Gasteiger partial charge in [-0.3, -0.25) is 14.2 Å². The highest BCUT2D eigenvalue weighted by atomic mass is 35.5. The van der Waals surface area contributed by atoms with Crippen LogP contribution < -0.4 is 10.7 Å². The zero-order valence-electron chi connectivity index (χ0n) is 15.8. The first-order valence-electron chi connectivity index (χ1n) is 9.21. The topological polar surface area (TPSA) is 64.0 Å². The lowest BCUT2D eigenvalue weighted by Crippen LogP contribution is -2.48. The first-order valence-corrected chi connectivity index (χ1v) is 10.3. The smallest absolute Gasteiger partial charge is 0.340 e. The van der Waals surface area contributed by atoms with Crippen LogP contribution in [0.25, 0.3) is 16.7 Å². The molecule has 4 rings (SSSR count). The number of fused-ring (bicyclic) bond motifs is 1. The highest BCUT2D eigenvalue weighted by Crippen LogP contribution is 2.40. The van der Waals surface area contributed by atoms with Gasteiger partial charge >= 0.3 is 6.18 Å². The fraction of sp³-hybridized carbons (Fsp3) is 0.250. The summed E-state index contributed by atoms with van der Waals surface area (Å²) < 4.78 is 54.9. The zero-order valence-corrected chi connectivity index (χ0v) is 18.1. The first kappa shape index (κ1) is 22.8. The molecule has 32 heavy (non-hydrogen) atoms.